The third kappa shape index (κ3) is 3.83. The summed E-state index contributed by atoms with van der Waals surface area (Å²) in [7, 11) is 0. The zero-order valence-electron chi connectivity index (χ0n) is 10.2. The predicted molar refractivity (Wildman–Crippen MR) is 63.8 cm³/mol. The van der Waals surface area contributed by atoms with Crippen LogP contribution in [0.1, 0.15) is 13.8 Å². The summed E-state index contributed by atoms with van der Waals surface area (Å²) >= 11 is 0. The summed E-state index contributed by atoms with van der Waals surface area (Å²) in [4.78, 5) is 8.21. The highest BCUT2D eigenvalue weighted by Gasteiger charge is 2.11. The van der Waals surface area contributed by atoms with E-state index >= 15 is 0 Å². The Hall–Kier alpha value is -1.40. The zero-order valence-corrected chi connectivity index (χ0v) is 10.2. The van der Waals surface area contributed by atoms with Crippen molar-refractivity contribution in [3.05, 3.63) is 12.4 Å². The van der Waals surface area contributed by atoms with Gasteiger partial charge in [0.25, 0.3) is 0 Å². The Morgan fingerprint density at radius 2 is 2.12 bits per heavy atom. The zero-order chi connectivity index (χ0) is 12.1. The van der Waals surface area contributed by atoms with Gasteiger partial charge >= 0.3 is 0 Å². The summed E-state index contributed by atoms with van der Waals surface area (Å²) in [5, 5.41) is 2.07. The van der Waals surface area contributed by atoms with Crippen molar-refractivity contribution >= 4 is 5.82 Å². The van der Waals surface area contributed by atoms with E-state index in [4.69, 9.17) is 9.47 Å². The molecule has 1 fully saturated rings. The molecule has 0 aromatic carbocycles. The van der Waals surface area contributed by atoms with Gasteiger partial charge in [-0.3, -0.25) is 0 Å². The maximum absolute atomic E-state index is 5.51. The highest BCUT2D eigenvalue weighted by atomic mass is 16.5. The van der Waals surface area contributed by atoms with Crippen molar-refractivity contribution in [3.8, 4) is 5.88 Å². The van der Waals surface area contributed by atoms with E-state index in [9.17, 15) is 0 Å². The van der Waals surface area contributed by atoms with Gasteiger partial charge in [0.15, 0.2) is 0 Å². The summed E-state index contributed by atoms with van der Waals surface area (Å²) in [6.45, 7) is 7.13. The Balaban J connectivity index is 1.95. The van der Waals surface area contributed by atoms with E-state index in [0.29, 0.717) is 5.88 Å². The van der Waals surface area contributed by atoms with Crippen molar-refractivity contribution in [1.82, 2.24) is 15.0 Å². The molecule has 0 aliphatic carbocycles. The van der Waals surface area contributed by atoms with Crippen LogP contribution in [0.4, 0.5) is 5.82 Å². The number of aromatic nitrogens is 2. The molecule has 0 atom stereocenters. The minimum atomic E-state index is 0.112. The van der Waals surface area contributed by atoms with Crippen molar-refractivity contribution in [2.75, 3.05) is 31.7 Å². The summed E-state index contributed by atoms with van der Waals surface area (Å²) < 4.78 is 10.8. The van der Waals surface area contributed by atoms with Gasteiger partial charge in [-0.1, -0.05) is 0 Å². The first kappa shape index (κ1) is 12.1. The molecule has 0 spiro atoms. The standard InChI is InChI=1S/C11H18N4O2/c1-9(2)17-11-7-10(12-8-13-11)14-15-3-5-16-6-4-15/h7-9H,3-6H2,1-2H3,(H,12,13,14). The first-order valence-corrected chi connectivity index (χ1v) is 5.82. The summed E-state index contributed by atoms with van der Waals surface area (Å²) in [6.07, 6.45) is 1.61. The van der Waals surface area contributed by atoms with E-state index in [1.807, 2.05) is 13.8 Å². The van der Waals surface area contributed by atoms with Gasteiger partial charge in [0.05, 0.1) is 19.3 Å². The second-order valence-electron chi connectivity index (χ2n) is 4.12. The van der Waals surface area contributed by atoms with Crippen LogP contribution in [0.5, 0.6) is 5.88 Å². The molecule has 0 bridgehead atoms. The van der Waals surface area contributed by atoms with Crippen molar-refractivity contribution in [3.63, 3.8) is 0 Å². The average Bonchev–Trinajstić information content (AvgIpc) is 2.30. The van der Waals surface area contributed by atoms with Crippen LogP contribution in [0.2, 0.25) is 0 Å². The molecular weight excluding hydrogens is 220 g/mol. The van der Waals surface area contributed by atoms with E-state index < -0.39 is 0 Å². The Morgan fingerprint density at radius 1 is 1.35 bits per heavy atom. The maximum Gasteiger partial charge on any atom is 0.218 e. The molecule has 1 aromatic rings. The molecule has 2 rings (SSSR count). The Morgan fingerprint density at radius 3 is 2.82 bits per heavy atom. The van der Waals surface area contributed by atoms with Crippen LogP contribution in [-0.2, 0) is 4.74 Å². The van der Waals surface area contributed by atoms with E-state index in [2.05, 4.69) is 20.4 Å². The van der Waals surface area contributed by atoms with Gasteiger partial charge in [-0.2, -0.15) is 0 Å². The summed E-state index contributed by atoms with van der Waals surface area (Å²) in [5.41, 5.74) is 3.22. The molecule has 0 amide bonds. The van der Waals surface area contributed by atoms with Crippen molar-refractivity contribution in [2.24, 2.45) is 0 Å². The van der Waals surface area contributed by atoms with Crippen molar-refractivity contribution in [1.29, 1.82) is 0 Å². The van der Waals surface area contributed by atoms with Crippen LogP contribution in [0.3, 0.4) is 0 Å². The third-order valence-electron chi connectivity index (χ3n) is 2.28. The first-order chi connectivity index (χ1) is 8.24. The van der Waals surface area contributed by atoms with E-state index in [1.54, 1.807) is 6.07 Å². The molecular formula is C11H18N4O2. The molecule has 94 valence electrons. The topological polar surface area (TPSA) is 59.5 Å². The van der Waals surface area contributed by atoms with E-state index in [0.717, 1.165) is 32.1 Å². The molecule has 1 aromatic heterocycles. The summed E-state index contributed by atoms with van der Waals surface area (Å²) in [5.74, 6) is 1.34. The molecule has 1 saturated heterocycles. The van der Waals surface area contributed by atoms with Crippen LogP contribution >= 0.6 is 0 Å². The summed E-state index contributed by atoms with van der Waals surface area (Å²) in [6, 6.07) is 1.80. The fraction of sp³-hybridized carbons (Fsp3) is 0.636. The smallest absolute Gasteiger partial charge is 0.218 e. The third-order valence-corrected chi connectivity index (χ3v) is 2.28. The first-order valence-electron chi connectivity index (χ1n) is 5.82. The number of morpholine rings is 1. The SMILES string of the molecule is CC(C)Oc1cc(NN2CCOCC2)ncn1. The van der Waals surface area contributed by atoms with Crippen LogP contribution in [0.15, 0.2) is 12.4 Å². The van der Waals surface area contributed by atoms with Gasteiger partial charge < -0.3 is 14.9 Å². The van der Waals surface area contributed by atoms with Gasteiger partial charge in [0, 0.05) is 19.2 Å². The number of ether oxygens (including phenoxy) is 2. The lowest BCUT2D eigenvalue weighted by molar-refractivity contribution is 0.0494. The van der Waals surface area contributed by atoms with Gasteiger partial charge in [-0.15, -0.1) is 0 Å². The minimum absolute atomic E-state index is 0.112. The van der Waals surface area contributed by atoms with E-state index in [-0.39, 0.29) is 6.10 Å². The van der Waals surface area contributed by atoms with Crippen LogP contribution in [0.25, 0.3) is 0 Å². The number of hydrazine groups is 1. The highest BCUT2D eigenvalue weighted by Crippen LogP contribution is 2.13. The predicted octanol–water partition coefficient (Wildman–Crippen LogP) is 0.923. The Kier molecular flexibility index (Phi) is 4.11. The molecule has 1 aliphatic heterocycles. The van der Waals surface area contributed by atoms with Crippen LogP contribution in [-0.4, -0.2) is 47.4 Å². The fourth-order valence-electron chi connectivity index (χ4n) is 1.54. The lowest BCUT2D eigenvalue weighted by Gasteiger charge is -2.27. The molecule has 1 N–H and O–H groups in total. The maximum atomic E-state index is 5.51. The lowest BCUT2D eigenvalue weighted by atomic mass is 10.4. The molecule has 6 heteroatoms. The molecule has 1 aliphatic rings. The van der Waals surface area contributed by atoms with Crippen molar-refractivity contribution in [2.45, 2.75) is 20.0 Å². The molecule has 6 nitrogen and oxygen atoms in total. The number of anilines is 1. The van der Waals surface area contributed by atoms with E-state index in [1.165, 1.54) is 6.33 Å². The number of hydrogen-bond acceptors (Lipinski definition) is 6. The molecule has 17 heavy (non-hydrogen) atoms. The number of nitrogens with one attached hydrogen (secondary N) is 1. The van der Waals surface area contributed by atoms with Gasteiger partial charge in [-0.05, 0) is 13.8 Å². The molecule has 0 unspecified atom stereocenters. The van der Waals surface area contributed by atoms with Gasteiger partial charge in [0.2, 0.25) is 5.88 Å². The lowest BCUT2D eigenvalue weighted by Crippen LogP contribution is -2.40. The second kappa shape index (κ2) is 5.79. The largest absolute Gasteiger partial charge is 0.475 e. The normalized spacial score (nSPS) is 17.1. The number of rotatable bonds is 4. The monoisotopic (exact) mass is 238 g/mol. The molecule has 0 radical (unpaired) electrons. The van der Waals surface area contributed by atoms with Crippen molar-refractivity contribution < 1.29 is 9.47 Å². The van der Waals surface area contributed by atoms with Gasteiger partial charge in [0.1, 0.15) is 12.1 Å². The Labute approximate surface area is 101 Å². The van der Waals surface area contributed by atoms with Crippen LogP contribution in [0, 0.1) is 0 Å². The Bertz CT molecular complexity index is 353. The quantitative estimate of drug-likeness (QED) is 0.842. The fourth-order valence-corrected chi connectivity index (χ4v) is 1.54. The molecule has 0 saturated carbocycles. The van der Waals surface area contributed by atoms with Crippen LogP contribution < -0.4 is 10.2 Å². The highest BCUT2D eigenvalue weighted by molar-refractivity contribution is 5.36. The van der Waals surface area contributed by atoms with Gasteiger partial charge in [-0.25, -0.2) is 15.0 Å². The molecule has 2 heterocycles. The number of nitrogens with zero attached hydrogens (tertiary/aromatic N) is 3. The second-order valence-corrected chi connectivity index (χ2v) is 4.12. The minimum Gasteiger partial charge on any atom is -0.475 e. The number of hydrogen-bond donors (Lipinski definition) is 1. The average molecular weight is 238 g/mol.